The van der Waals surface area contributed by atoms with E-state index in [2.05, 4.69) is 22.9 Å². The fourth-order valence-electron chi connectivity index (χ4n) is 2.59. The highest BCUT2D eigenvalue weighted by molar-refractivity contribution is 9.10. The number of rotatable bonds is 14. The molecule has 4 nitrogen and oxygen atoms in total. The molecule has 6 heteroatoms. The summed E-state index contributed by atoms with van der Waals surface area (Å²) in [6.45, 7) is 2.66. The van der Waals surface area contributed by atoms with Crippen molar-refractivity contribution in [1.29, 1.82) is 0 Å². The first-order valence-electron chi connectivity index (χ1n) is 9.84. The number of halogens is 2. The first kappa shape index (κ1) is 23.6. The molecule has 1 rings (SSSR count). The number of carbonyl (C=O) groups is 2. The summed E-state index contributed by atoms with van der Waals surface area (Å²) < 4.78 is 23.8. The summed E-state index contributed by atoms with van der Waals surface area (Å²) in [5.41, 5.74) is 0. The standard InChI is InChI=1S/C21H30BrFO4/c1-2-3-10-15-26-20(24)11-8-6-4-5-7-9-12-21(25)27-19-14-13-17(23)16-18(19)22/h13-14,16H,2-12,15H2,1H3. The van der Waals surface area contributed by atoms with Crippen LogP contribution in [0.2, 0.25) is 0 Å². The number of hydrogen-bond donors (Lipinski definition) is 0. The van der Waals surface area contributed by atoms with Crippen LogP contribution in [0.15, 0.2) is 22.7 Å². The van der Waals surface area contributed by atoms with Crippen LogP contribution in [-0.2, 0) is 14.3 Å². The Morgan fingerprint density at radius 2 is 1.56 bits per heavy atom. The number of ether oxygens (including phenoxy) is 2. The molecule has 0 unspecified atom stereocenters. The lowest BCUT2D eigenvalue weighted by Gasteiger charge is -2.06. The van der Waals surface area contributed by atoms with Gasteiger partial charge in [-0.3, -0.25) is 9.59 Å². The number of esters is 2. The fourth-order valence-corrected chi connectivity index (χ4v) is 3.02. The van der Waals surface area contributed by atoms with Gasteiger partial charge in [0.1, 0.15) is 11.6 Å². The second-order valence-electron chi connectivity index (χ2n) is 6.60. The summed E-state index contributed by atoms with van der Waals surface area (Å²) in [5.74, 6) is -0.455. The molecule has 27 heavy (non-hydrogen) atoms. The zero-order valence-corrected chi connectivity index (χ0v) is 17.7. The van der Waals surface area contributed by atoms with E-state index in [4.69, 9.17) is 9.47 Å². The van der Waals surface area contributed by atoms with Crippen LogP contribution in [-0.4, -0.2) is 18.5 Å². The van der Waals surface area contributed by atoms with Crippen molar-refractivity contribution in [3.63, 3.8) is 0 Å². The van der Waals surface area contributed by atoms with E-state index in [-0.39, 0.29) is 17.8 Å². The summed E-state index contributed by atoms with van der Waals surface area (Å²) in [7, 11) is 0. The molecular formula is C21H30BrFO4. The average molecular weight is 445 g/mol. The topological polar surface area (TPSA) is 52.6 Å². The molecule has 0 N–H and O–H groups in total. The number of unbranched alkanes of at least 4 members (excludes halogenated alkanes) is 7. The van der Waals surface area contributed by atoms with Gasteiger partial charge < -0.3 is 9.47 Å². The van der Waals surface area contributed by atoms with E-state index in [0.717, 1.165) is 57.8 Å². The Balaban J connectivity index is 1.98. The molecule has 0 aliphatic heterocycles. The Morgan fingerprint density at radius 3 is 2.19 bits per heavy atom. The molecule has 0 bridgehead atoms. The summed E-state index contributed by atoms with van der Waals surface area (Å²) in [5, 5.41) is 0. The third-order valence-electron chi connectivity index (χ3n) is 4.14. The normalized spacial score (nSPS) is 10.6. The maximum atomic E-state index is 13.0. The molecule has 0 heterocycles. The fraction of sp³-hybridized carbons (Fsp3) is 0.619. The largest absolute Gasteiger partial charge is 0.466 e. The molecule has 1 aromatic carbocycles. The van der Waals surface area contributed by atoms with Gasteiger partial charge in [-0.25, -0.2) is 4.39 Å². The third kappa shape index (κ3) is 11.8. The van der Waals surface area contributed by atoms with Gasteiger partial charge in [0.15, 0.2) is 0 Å². The minimum absolute atomic E-state index is 0.0965. The summed E-state index contributed by atoms with van der Waals surface area (Å²) in [6.07, 6.45) is 9.63. The van der Waals surface area contributed by atoms with Crippen molar-refractivity contribution in [2.24, 2.45) is 0 Å². The van der Waals surface area contributed by atoms with E-state index in [1.54, 1.807) is 0 Å². The first-order chi connectivity index (χ1) is 13.0. The van der Waals surface area contributed by atoms with Gasteiger partial charge in [0.25, 0.3) is 0 Å². The van der Waals surface area contributed by atoms with Crippen molar-refractivity contribution in [1.82, 2.24) is 0 Å². The van der Waals surface area contributed by atoms with E-state index >= 15 is 0 Å². The van der Waals surface area contributed by atoms with Crippen molar-refractivity contribution in [2.75, 3.05) is 6.61 Å². The van der Waals surface area contributed by atoms with Crippen molar-refractivity contribution < 1.29 is 23.5 Å². The van der Waals surface area contributed by atoms with E-state index in [0.29, 0.717) is 29.7 Å². The number of hydrogen-bond acceptors (Lipinski definition) is 4. The van der Waals surface area contributed by atoms with Gasteiger partial charge in [-0.1, -0.05) is 45.4 Å². The number of benzene rings is 1. The Labute approximate surface area is 169 Å². The monoisotopic (exact) mass is 444 g/mol. The second kappa shape index (κ2) is 14.6. The lowest BCUT2D eigenvalue weighted by molar-refractivity contribution is -0.144. The summed E-state index contributed by atoms with van der Waals surface area (Å²) >= 11 is 3.17. The third-order valence-corrected chi connectivity index (χ3v) is 4.76. The van der Waals surface area contributed by atoms with Gasteiger partial charge in [0.05, 0.1) is 11.1 Å². The summed E-state index contributed by atoms with van der Waals surface area (Å²) in [6, 6.07) is 3.96. The van der Waals surface area contributed by atoms with Gasteiger partial charge in [-0.2, -0.15) is 0 Å². The zero-order chi connectivity index (χ0) is 19.9. The summed E-state index contributed by atoms with van der Waals surface area (Å²) in [4.78, 5) is 23.3. The average Bonchev–Trinajstić information content (AvgIpc) is 2.63. The molecule has 0 atom stereocenters. The smallest absolute Gasteiger partial charge is 0.311 e. The maximum Gasteiger partial charge on any atom is 0.311 e. The van der Waals surface area contributed by atoms with Crippen molar-refractivity contribution in [3.8, 4) is 5.75 Å². The zero-order valence-electron chi connectivity index (χ0n) is 16.1. The van der Waals surface area contributed by atoms with E-state index in [9.17, 15) is 14.0 Å². The van der Waals surface area contributed by atoms with Crippen molar-refractivity contribution in [3.05, 3.63) is 28.5 Å². The van der Waals surface area contributed by atoms with Gasteiger partial charge in [0.2, 0.25) is 0 Å². The van der Waals surface area contributed by atoms with Crippen molar-refractivity contribution in [2.45, 2.75) is 77.6 Å². The molecule has 0 aromatic heterocycles. The Morgan fingerprint density at radius 1 is 0.926 bits per heavy atom. The molecular weight excluding hydrogens is 415 g/mol. The van der Waals surface area contributed by atoms with Gasteiger partial charge >= 0.3 is 11.9 Å². The highest BCUT2D eigenvalue weighted by Crippen LogP contribution is 2.26. The van der Waals surface area contributed by atoms with Crippen LogP contribution in [0.1, 0.15) is 77.6 Å². The second-order valence-corrected chi connectivity index (χ2v) is 7.45. The van der Waals surface area contributed by atoms with Crippen LogP contribution in [0, 0.1) is 5.82 Å². The number of carbonyl (C=O) groups excluding carboxylic acids is 2. The Kier molecular flexibility index (Phi) is 12.8. The molecule has 0 aliphatic carbocycles. The minimum Gasteiger partial charge on any atom is -0.466 e. The predicted molar refractivity (Wildman–Crippen MR) is 107 cm³/mol. The SMILES string of the molecule is CCCCCOC(=O)CCCCCCCCC(=O)Oc1ccc(F)cc1Br. The Hall–Kier alpha value is -1.43. The molecule has 0 saturated carbocycles. The molecule has 0 aliphatic rings. The predicted octanol–water partition coefficient (Wildman–Crippen LogP) is 6.35. The van der Waals surface area contributed by atoms with Crippen LogP contribution in [0.25, 0.3) is 0 Å². The molecule has 0 spiro atoms. The minimum atomic E-state index is -0.383. The molecule has 0 saturated heterocycles. The highest BCUT2D eigenvalue weighted by Gasteiger charge is 2.09. The van der Waals surface area contributed by atoms with E-state index in [1.165, 1.54) is 18.2 Å². The maximum absolute atomic E-state index is 13.0. The van der Waals surface area contributed by atoms with Crippen LogP contribution in [0.3, 0.4) is 0 Å². The van der Waals surface area contributed by atoms with Crippen molar-refractivity contribution >= 4 is 27.9 Å². The van der Waals surface area contributed by atoms with Gasteiger partial charge in [0, 0.05) is 12.8 Å². The highest BCUT2D eigenvalue weighted by atomic mass is 79.9. The lowest BCUT2D eigenvalue weighted by atomic mass is 10.1. The van der Waals surface area contributed by atoms with E-state index < -0.39 is 0 Å². The van der Waals surface area contributed by atoms with Crippen LogP contribution < -0.4 is 4.74 Å². The molecule has 0 fully saturated rings. The molecule has 0 amide bonds. The molecule has 1 aromatic rings. The molecule has 0 radical (unpaired) electrons. The van der Waals surface area contributed by atoms with Crippen LogP contribution in [0.4, 0.5) is 4.39 Å². The lowest BCUT2D eigenvalue weighted by Crippen LogP contribution is -2.08. The quantitative estimate of drug-likeness (QED) is 0.190. The van der Waals surface area contributed by atoms with Crippen LogP contribution >= 0.6 is 15.9 Å². The van der Waals surface area contributed by atoms with Gasteiger partial charge in [-0.05, 0) is 53.4 Å². The molecule has 152 valence electrons. The van der Waals surface area contributed by atoms with E-state index in [1.807, 2.05) is 0 Å². The van der Waals surface area contributed by atoms with Crippen LogP contribution in [0.5, 0.6) is 5.75 Å². The van der Waals surface area contributed by atoms with Gasteiger partial charge in [-0.15, -0.1) is 0 Å². The first-order valence-corrected chi connectivity index (χ1v) is 10.6. The Bertz CT molecular complexity index is 577.